The molecular formula is C23H28F3N5O7. The molecule has 208 valence electrons. The Morgan fingerprint density at radius 3 is 2.58 bits per heavy atom. The number of nitrogens with zero attached hydrogens (tertiary/aromatic N) is 4. The minimum Gasteiger partial charge on any atom is -0.490 e. The summed E-state index contributed by atoms with van der Waals surface area (Å²) in [6.45, 7) is 3.53. The van der Waals surface area contributed by atoms with Crippen molar-refractivity contribution < 1.29 is 41.8 Å². The van der Waals surface area contributed by atoms with Crippen molar-refractivity contribution in [1.29, 1.82) is 0 Å². The van der Waals surface area contributed by atoms with Crippen LogP contribution >= 0.6 is 0 Å². The summed E-state index contributed by atoms with van der Waals surface area (Å²) in [7, 11) is 0. The van der Waals surface area contributed by atoms with Crippen LogP contribution in [-0.4, -0.2) is 83.2 Å². The lowest BCUT2D eigenvalue weighted by Crippen LogP contribution is -2.44. The molecule has 1 aromatic heterocycles. The summed E-state index contributed by atoms with van der Waals surface area (Å²) in [6.07, 6.45) is -1.76. The molecule has 1 atom stereocenters. The summed E-state index contributed by atoms with van der Waals surface area (Å²) >= 11 is 0. The number of halogens is 3. The summed E-state index contributed by atoms with van der Waals surface area (Å²) in [6, 6.07) is 5.21. The fourth-order valence-electron chi connectivity index (χ4n) is 4.20. The van der Waals surface area contributed by atoms with Crippen LogP contribution in [0.5, 0.6) is 17.5 Å². The molecule has 1 saturated heterocycles. The third-order valence-electron chi connectivity index (χ3n) is 6.03. The fraction of sp³-hybridized carbons (Fsp3) is 0.565. The van der Waals surface area contributed by atoms with Crippen LogP contribution in [0.15, 0.2) is 30.5 Å². The van der Waals surface area contributed by atoms with E-state index < -0.39 is 11.3 Å². The second kappa shape index (κ2) is 12.3. The number of aromatic nitrogens is 2. The van der Waals surface area contributed by atoms with Gasteiger partial charge in [-0.2, -0.15) is 0 Å². The van der Waals surface area contributed by atoms with Crippen molar-refractivity contribution >= 4 is 11.7 Å². The number of hydrogen-bond acceptors (Lipinski definition) is 9. The van der Waals surface area contributed by atoms with E-state index in [1.165, 1.54) is 35.0 Å². The lowest BCUT2D eigenvalue weighted by molar-refractivity contribution is -0.389. The first-order chi connectivity index (χ1) is 18.1. The number of likely N-dealkylation sites (tertiary alicyclic amines) is 1. The summed E-state index contributed by atoms with van der Waals surface area (Å²) in [5, 5.41) is 13.7. The number of nitro groups is 1. The lowest BCUT2D eigenvalue weighted by Gasteiger charge is -2.32. The van der Waals surface area contributed by atoms with Crippen LogP contribution in [-0.2, 0) is 16.1 Å². The van der Waals surface area contributed by atoms with E-state index in [9.17, 15) is 28.1 Å². The van der Waals surface area contributed by atoms with Crippen molar-refractivity contribution in [3.05, 3.63) is 40.6 Å². The molecule has 3 heterocycles. The van der Waals surface area contributed by atoms with Gasteiger partial charge in [-0.1, -0.05) is 0 Å². The summed E-state index contributed by atoms with van der Waals surface area (Å²) < 4.78 is 59.0. The molecule has 1 N–H and O–H groups in total. The number of nitrogens with one attached hydrogen (secondary N) is 1. The monoisotopic (exact) mass is 543 g/mol. The number of hydrogen-bond donors (Lipinski definition) is 1. The highest BCUT2D eigenvalue weighted by Gasteiger charge is 2.31. The van der Waals surface area contributed by atoms with E-state index in [0.29, 0.717) is 25.4 Å². The second-order valence-corrected chi connectivity index (χ2v) is 8.91. The average Bonchev–Trinajstić information content (AvgIpc) is 3.29. The first-order valence-electron chi connectivity index (χ1n) is 12.1. The molecule has 1 fully saturated rings. The molecule has 15 heteroatoms. The SMILES string of the molecule is O=C(CCOCCN1CCC(Oc2ccc(OC(F)(F)F)cc2)CC1)NC1COc2nc([N+](=O)[O-])cn2C1. The Morgan fingerprint density at radius 2 is 1.89 bits per heavy atom. The van der Waals surface area contributed by atoms with Crippen LogP contribution in [0, 0.1) is 10.1 Å². The molecule has 2 aliphatic heterocycles. The molecule has 2 aliphatic rings. The molecule has 1 aromatic carbocycles. The predicted molar refractivity (Wildman–Crippen MR) is 125 cm³/mol. The molecule has 2 aromatic rings. The van der Waals surface area contributed by atoms with Gasteiger partial charge in [0.2, 0.25) is 5.91 Å². The van der Waals surface area contributed by atoms with Gasteiger partial charge in [-0.25, -0.2) is 0 Å². The zero-order chi connectivity index (χ0) is 27.1. The van der Waals surface area contributed by atoms with Crippen molar-refractivity contribution in [2.45, 2.75) is 44.3 Å². The highest BCUT2D eigenvalue weighted by atomic mass is 19.4. The number of benzene rings is 1. The van der Waals surface area contributed by atoms with Gasteiger partial charge in [-0.3, -0.25) is 9.36 Å². The Balaban J connectivity index is 1.05. The van der Waals surface area contributed by atoms with E-state index in [0.717, 1.165) is 25.9 Å². The van der Waals surface area contributed by atoms with Crippen LogP contribution in [0.25, 0.3) is 0 Å². The number of imidazole rings is 1. The van der Waals surface area contributed by atoms with Gasteiger partial charge in [-0.15, -0.1) is 13.2 Å². The lowest BCUT2D eigenvalue weighted by atomic mass is 10.1. The van der Waals surface area contributed by atoms with Crippen molar-refractivity contribution in [2.75, 3.05) is 39.5 Å². The number of fused-ring (bicyclic) bond motifs is 1. The molecule has 0 radical (unpaired) electrons. The Morgan fingerprint density at radius 1 is 1.18 bits per heavy atom. The van der Waals surface area contributed by atoms with Crippen LogP contribution in [0.3, 0.4) is 0 Å². The maximum atomic E-state index is 12.3. The van der Waals surface area contributed by atoms with Crippen LogP contribution in [0.1, 0.15) is 19.3 Å². The Labute approximate surface area is 215 Å². The van der Waals surface area contributed by atoms with E-state index >= 15 is 0 Å². The maximum absolute atomic E-state index is 12.3. The van der Waals surface area contributed by atoms with E-state index in [2.05, 4.69) is 19.9 Å². The number of piperidine rings is 1. The average molecular weight is 543 g/mol. The van der Waals surface area contributed by atoms with Gasteiger partial charge < -0.3 is 39.3 Å². The van der Waals surface area contributed by atoms with Crippen LogP contribution in [0.4, 0.5) is 19.0 Å². The Kier molecular flexibility index (Phi) is 8.89. The third-order valence-corrected chi connectivity index (χ3v) is 6.03. The number of carbonyl (C=O) groups is 1. The fourth-order valence-corrected chi connectivity index (χ4v) is 4.20. The molecule has 1 amide bonds. The van der Waals surface area contributed by atoms with Crippen molar-refractivity contribution in [3.8, 4) is 17.5 Å². The summed E-state index contributed by atoms with van der Waals surface area (Å²) in [5.74, 6) is -0.300. The van der Waals surface area contributed by atoms with Crippen molar-refractivity contribution in [1.82, 2.24) is 19.8 Å². The number of amides is 1. The molecule has 0 saturated carbocycles. The van der Waals surface area contributed by atoms with Gasteiger partial charge in [0.15, 0.2) is 0 Å². The second-order valence-electron chi connectivity index (χ2n) is 8.91. The number of ether oxygens (including phenoxy) is 4. The zero-order valence-corrected chi connectivity index (χ0v) is 20.4. The summed E-state index contributed by atoms with van der Waals surface area (Å²) in [5.41, 5.74) is 0. The number of carbonyl (C=O) groups excluding carboxylic acids is 1. The number of alkyl halides is 3. The Hall–Kier alpha value is -3.59. The largest absolute Gasteiger partial charge is 0.573 e. The maximum Gasteiger partial charge on any atom is 0.573 e. The van der Waals surface area contributed by atoms with E-state index in [-0.39, 0.29) is 55.3 Å². The molecule has 0 bridgehead atoms. The molecule has 1 unspecified atom stereocenters. The molecule has 38 heavy (non-hydrogen) atoms. The topological polar surface area (TPSA) is 130 Å². The first-order valence-corrected chi connectivity index (χ1v) is 12.1. The predicted octanol–water partition coefficient (Wildman–Crippen LogP) is 2.52. The molecule has 12 nitrogen and oxygen atoms in total. The van der Waals surface area contributed by atoms with Gasteiger partial charge in [0.25, 0.3) is 0 Å². The summed E-state index contributed by atoms with van der Waals surface area (Å²) in [4.78, 5) is 28.4. The highest BCUT2D eigenvalue weighted by Crippen LogP contribution is 2.26. The Bertz CT molecular complexity index is 1090. The van der Waals surface area contributed by atoms with Crippen molar-refractivity contribution in [3.63, 3.8) is 0 Å². The van der Waals surface area contributed by atoms with Gasteiger partial charge in [0, 0.05) is 31.0 Å². The standard InChI is InChI=1S/C23H28F3N5O7/c24-23(25,26)38-19-3-1-17(2-4-19)37-18-5-8-29(9-6-18)10-12-35-11-7-21(32)27-16-13-30-14-20(31(33)34)28-22(30)36-15-16/h1-4,14,16,18H,5-13,15H2,(H,27,32). The van der Waals surface area contributed by atoms with E-state index in [4.69, 9.17) is 14.2 Å². The normalized spacial score (nSPS) is 18.3. The molecule has 0 spiro atoms. The van der Waals surface area contributed by atoms with Gasteiger partial charge >= 0.3 is 18.2 Å². The van der Waals surface area contributed by atoms with Crippen LogP contribution < -0.4 is 19.5 Å². The quantitative estimate of drug-likeness (QED) is 0.258. The molecular weight excluding hydrogens is 515 g/mol. The van der Waals surface area contributed by atoms with Gasteiger partial charge in [0.05, 0.1) is 25.8 Å². The van der Waals surface area contributed by atoms with E-state index in [1.807, 2.05) is 0 Å². The number of rotatable bonds is 11. The zero-order valence-electron chi connectivity index (χ0n) is 20.4. The highest BCUT2D eigenvalue weighted by molar-refractivity contribution is 5.76. The molecule has 4 rings (SSSR count). The van der Waals surface area contributed by atoms with E-state index in [1.54, 1.807) is 0 Å². The van der Waals surface area contributed by atoms with Crippen molar-refractivity contribution in [2.24, 2.45) is 0 Å². The minimum atomic E-state index is -4.73. The van der Waals surface area contributed by atoms with Crippen LogP contribution in [0.2, 0.25) is 0 Å². The minimum absolute atomic E-state index is 0.0291. The van der Waals surface area contributed by atoms with Gasteiger partial charge in [-0.05, 0) is 42.0 Å². The third kappa shape index (κ3) is 8.21. The smallest absolute Gasteiger partial charge is 0.490 e. The van der Waals surface area contributed by atoms with Gasteiger partial charge in [0.1, 0.15) is 30.4 Å². The first kappa shape index (κ1) is 27.4. The molecule has 0 aliphatic carbocycles.